The van der Waals surface area contributed by atoms with Gasteiger partial charge in [-0.2, -0.15) is 0 Å². The SMILES string of the molecule is CCCNC(=O)[C@@H](C)N(Cc1ccc(Cl)cc1)C(=O)CCCN(c1ccc(OC)c(Cl)c1)S(C)(=O)=O. The second-order valence-electron chi connectivity index (χ2n) is 8.37. The van der Waals surface area contributed by atoms with Crippen molar-refractivity contribution in [3.63, 3.8) is 0 Å². The quantitative estimate of drug-likeness (QED) is 0.391. The molecule has 0 saturated carbocycles. The number of amides is 2. The monoisotopic (exact) mass is 557 g/mol. The number of hydrogen-bond acceptors (Lipinski definition) is 5. The van der Waals surface area contributed by atoms with Crippen LogP contribution in [-0.4, -0.2) is 57.6 Å². The average Bonchev–Trinajstić information content (AvgIpc) is 2.83. The molecule has 2 aromatic rings. The molecule has 11 heteroatoms. The number of halogens is 2. The highest BCUT2D eigenvalue weighted by molar-refractivity contribution is 7.92. The first kappa shape index (κ1) is 29.7. The first-order chi connectivity index (χ1) is 17.0. The molecule has 0 heterocycles. The summed E-state index contributed by atoms with van der Waals surface area (Å²) in [6.45, 7) is 4.44. The Labute approximate surface area is 223 Å². The summed E-state index contributed by atoms with van der Waals surface area (Å²) in [6.07, 6.45) is 2.17. The van der Waals surface area contributed by atoms with Gasteiger partial charge in [-0.3, -0.25) is 13.9 Å². The molecule has 36 heavy (non-hydrogen) atoms. The van der Waals surface area contributed by atoms with E-state index in [2.05, 4.69) is 5.32 Å². The lowest BCUT2D eigenvalue weighted by Crippen LogP contribution is -2.47. The molecule has 0 fully saturated rings. The fourth-order valence-corrected chi connectivity index (χ4v) is 4.91. The van der Waals surface area contributed by atoms with Crippen LogP contribution in [0.3, 0.4) is 0 Å². The maximum atomic E-state index is 13.3. The van der Waals surface area contributed by atoms with E-state index in [1.165, 1.54) is 22.4 Å². The second kappa shape index (κ2) is 13.7. The van der Waals surface area contributed by atoms with Crippen LogP contribution < -0.4 is 14.4 Å². The van der Waals surface area contributed by atoms with E-state index >= 15 is 0 Å². The van der Waals surface area contributed by atoms with Crippen LogP contribution >= 0.6 is 23.2 Å². The van der Waals surface area contributed by atoms with E-state index < -0.39 is 16.1 Å². The van der Waals surface area contributed by atoms with E-state index in [4.69, 9.17) is 27.9 Å². The van der Waals surface area contributed by atoms with Gasteiger partial charge < -0.3 is 15.0 Å². The number of nitrogens with zero attached hydrogens (tertiary/aromatic N) is 2. The molecule has 0 bridgehead atoms. The molecule has 2 aromatic carbocycles. The van der Waals surface area contributed by atoms with E-state index in [0.29, 0.717) is 23.0 Å². The van der Waals surface area contributed by atoms with Gasteiger partial charge in [0.2, 0.25) is 21.8 Å². The number of carbonyl (C=O) groups is 2. The van der Waals surface area contributed by atoms with Gasteiger partial charge in [0.05, 0.1) is 24.1 Å². The van der Waals surface area contributed by atoms with Gasteiger partial charge in [0, 0.05) is 31.1 Å². The van der Waals surface area contributed by atoms with Crippen molar-refractivity contribution < 1.29 is 22.7 Å². The molecule has 2 rings (SSSR count). The maximum absolute atomic E-state index is 13.3. The molecule has 1 atom stereocenters. The smallest absolute Gasteiger partial charge is 0.242 e. The van der Waals surface area contributed by atoms with Crippen LogP contribution in [-0.2, 0) is 26.2 Å². The Morgan fingerprint density at radius 2 is 1.78 bits per heavy atom. The van der Waals surface area contributed by atoms with Crippen LogP contribution in [0.4, 0.5) is 5.69 Å². The number of ether oxygens (including phenoxy) is 1. The van der Waals surface area contributed by atoms with E-state index in [0.717, 1.165) is 18.2 Å². The first-order valence-corrected chi connectivity index (χ1v) is 14.2. The number of benzene rings is 2. The fourth-order valence-electron chi connectivity index (χ4n) is 3.58. The zero-order valence-corrected chi connectivity index (χ0v) is 23.3. The maximum Gasteiger partial charge on any atom is 0.242 e. The normalized spacial score (nSPS) is 12.1. The topological polar surface area (TPSA) is 96.0 Å². The van der Waals surface area contributed by atoms with Crippen molar-refractivity contribution in [2.24, 2.45) is 0 Å². The number of hydrogen-bond donors (Lipinski definition) is 1. The third kappa shape index (κ3) is 8.57. The summed E-state index contributed by atoms with van der Waals surface area (Å²) in [5.74, 6) is -0.0765. The summed E-state index contributed by atoms with van der Waals surface area (Å²) in [6, 6.07) is 11.1. The van der Waals surface area contributed by atoms with Crippen LogP contribution in [0.15, 0.2) is 42.5 Å². The summed E-state index contributed by atoms with van der Waals surface area (Å²) in [7, 11) is -2.16. The molecular weight excluding hydrogens is 525 g/mol. The van der Waals surface area contributed by atoms with Gasteiger partial charge in [-0.15, -0.1) is 0 Å². The van der Waals surface area contributed by atoms with Gasteiger partial charge in [0.15, 0.2) is 0 Å². The molecule has 0 aliphatic heterocycles. The number of methoxy groups -OCH3 is 1. The molecule has 0 unspecified atom stereocenters. The van der Waals surface area contributed by atoms with Crippen molar-refractivity contribution in [1.82, 2.24) is 10.2 Å². The minimum atomic E-state index is -3.63. The zero-order chi connectivity index (χ0) is 26.9. The Morgan fingerprint density at radius 1 is 1.11 bits per heavy atom. The lowest BCUT2D eigenvalue weighted by atomic mass is 10.1. The minimum Gasteiger partial charge on any atom is -0.495 e. The molecule has 0 radical (unpaired) electrons. The minimum absolute atomic E-state index is 0.0505. The highest BCUT2D eigenvalue weighted by Gasteiger charge is 2.26. The van der Waals surface area contributed by atoms with Gasteiger partial charge in [0.1, 0.15) is 11.8 Å². The summed E-state index contributed by atoms with van der Waals surface area (Å²) in [5.41, 5.74) is 1.20. The number of anilines is 1. The standard InChI is InChI=1S/C25H33Cl2N3O5S/c1-5-14-28-25(32)18(2)29(17-19-8-10-20(26)11-9-19)24(31)7-6-15-30(36(4,33)34)21-12-13-23(35-3)22(27)16-21/h8-13,16,18H,5-7,14-15,17H2,1-4H3,(H,28,32)/t18-/m1/s1. The van der Waals surface area contributed by atoms with Gasteiger partial charge in [-0.1, -0.05) is 42.3 Å². The van der Waals surface area contributed by atoms with Gasteiger partial charge in [-0.05, 0) is 55.7 Å². The van der Waals surface area contributed by atoms with E-state index in [1.54, 1.807) is 43.3 Å². The van der Waals surface area contributed by atoms with E-state index in [1.807, 2.05) is 6.92 Å². The van der Waals surface area contributed by atoms with Gasteiger partial charge >= 0.3 is 0 Å². The molecule has 2 amide bonds. The third-order valence-electron chi connectivity index (χ3n) is 5.56. The third-order valence-corrected chi connectivity index (χ3v) is 7.30. The van der Waals surface area contributed by atoms with Gasteiger partial charge in [0.25, 0.3) is 0 Å². The van der Waals surface area contributed by atoms with Crippen LogP contribution in [0.5, 0.6) is 5.75 Å². The highest BCUT2D eigenvalue weighted by atomic mass is 35.5. The molecule has 1 N–H and O–H groups in total. The summed E-state index contributed by atoms with van der Waals surface area (Å²) < 4.78 is 31.3. The lowest BCUT2D eigenvalue weighted by Gasteiger charge is -2.29. The first-order valence-electron chi connectivity index (χ1n) is 11.6. The Kier molecular flexibility index (Phi) is 11.3. The predicted octanol–water partition coefficient (Wildman–Crippen LogP) is 4.49. The van der Waals surface area contributed by atoms with Crippen LogP contribution in [0.25, 0.3) is 0 Å². The summed E-state index contributed by atoms with van der Waals surface area (Å²) in [4.78, 5) is 27.4. The van der Waals surface area contributed by atoms with Crippen molar-refractivity contribution in [2.75, 3.05) is 30.8 Å². The summed E-state index contributed by atoms with van der Waals surface area (Å²) in [5, 5.41) is 3.68. The molecular formula is C25H33Cl2N3O5S. The van der Waals surface area contributed by atoms with E-state index in [9.17, 15) is 18.0 Å². The van der Waals surface area contributed by atoms with Crippen LogP contribution in [0.2, 0.25) is 10.0 Å². The zero-order valence-electron chi connectivity index (χ0n) is 21.0. The molecule has 0 aliphatic carbocycles. The van der Waals surface area contributed by atoms with Crippen molar-refractivity contribution in [2.45, 2.75) is 45.7 Å². The number of carbonyl (C=O) groups excluding carboxylic acids is 2. The summed E-state index contributed by atoms with van der Waals surface area (Å²) >= 11 is 12.2. The number of rotatable bonds is 13. The molecule has 8 nitrogen and oxygen atoms in total. The van der Waals surface area contributed by atoms with Crippen LogP contribution in [0, 0.1) is 0 Å². The Bertz CT molecular complexity index is 1140. The lowest BCUT2D eigenvalue weighted by molar-refractivity contribution is -0.140. The van der Waals surface area contributed by atoms with Crippen molar-refractivity contribution in [3.8, 4) is 5.75 Å². The molecule has 198 valence electrons. The largest absolute Gasteiger partial charge is 0.495 e. The van der Waals surface area contributed by atoms with Crippen molar-refractivity contribution in [3.05, 3.63) is 58.1 Å². The molecule has 0 aromatic heterocycles. The van der Waals surface area contributed by atoms with Crippen LogP contribution in [0.1, 0.15) is 38.7 Å². The molecule has 0 saturated heterocycles. The predicted molar refractivity (Wildman–Crippen MR) is 144 cm³/mol. The fraction of sp³-hybridized carbons (Fsp3) is 0.440. The van der Waals surface area contributed by atoms with Gasteiger partial charge in [-0.25, -0.2) is 8.42 Å². The number of nitrogens with one attached hydrogen (secondary N) is 1. The number of sulfonamides is 1. The second-order valence-corrected chi connectivity index (χ2v) is 11.1. The van der Waals surface area contributed by atoms with Crippen molar-refractivity contribution >= 4 is 50.7 Å². The Hall–Kier alpha value is -2.49. The Morgan fingerprint density at radius 3 is 2.33 bits per heavy atom. The van der Waals surface area contributed by atoms with E-state index in [-0.39, 0.29) is 42.8 Å². The molecule has 0 aliphatic rings. The van der Waals surface area contributed by atoms with Crippen molar-refractivity contribution in [1.29, 1.82) is 0 Å². The average molecular weight is 559 g/mol. The molecule has 0 spiro atoms. The Balaban J connectivity index is 2.17. The highest BCUT2D eigenvalue weighted by Crippen LogP contribution is 2.30.